The van der Waals surface area contributed by atoms with Crippen molar-refractivity contribution in [3.63, 3.8) is 0 Å². The highest BCUT2D eigenvalue weighted by atomic mass is 19.3. The number of halogens is 2. The van der Waals surface area contributed by atoms with Crippen LogP contribution >= 0.6 is 0 Å². The number of aromatic hydroxyl groups is 1. The molecule has 1 aromatic heterocycles. The summed E-state index contributed by atoms with van der Waals surface area (Å²) in [4.78, 5) is 7.44. The Labute approximate surface area is 96.4 Å². The van der Waals surface area contributed by atoms with Gasteiger partial charge in [0.1, 0.15) is 0 Å². The minimum absolute atomic E-state index is 0.319. The highest BCUT2D eigenvalue weighted by molar-refractivity contribution is 5.75. The number of alkyl halides is 2. The molecular formula is C12H10F2N2O. The molecule has 0 aliphatic carbocycles. The Morgan fingerprint density at radius 2 is 2.00 bits per heavy atom. The van der Waals surface area contributed by atoms with Gasteiger partial charge in [-0.2, -0.15) is 8.78 Å². The Morgan fingerprint density at radius 1 is 1.29 bits per heavy atom. The maximum Gasteiger partial charge on any atom is 0.313 e. The highest BCUT2D eigenvalue weighted by Crippen LogP contribution is 2.33. The average molecular weight is 236 g/mol. The van der Waals surface area contributed by atoms with Crippen LogP contribution in [0.2, 0.25) is 0 Å². The lowest BCUT2D eigenvalue weighted by atomic mass is 10.2. The number of fused-ring (bicyclic) bond motifs is 1. The van der Waals surface area contributed by atoms with Crippen molar-refractivity contribution in [3.8, 4) is 5.88 Å². The van der Waals surface area contributed by atoms with Crippen LogP contribution in [0, 0.1) is 6.92 Å². The van der Waals surface area contributed by atoms with Crippen LogP contribution in [-0.4, -0.2) is 15.1 Å². The molecule has 0 spiro atoms. The van der Waals surface area contributed by atoms with E-state index in [1.54, 1.807) is 18.2 Å². The summed E-state index contributed by atoms with van der Waals surface area (Å²) in [6.07, 6.45) is 0.429. The lowest BCUT2D eigenvalue weighted by Crippen LogP contribution is -2.12. The SMILES string of the molecule is C=CC(F)(F)c1nc2cc(C)ccc2nc1O. The first-order valence-corrected chi connectivity index (χ1v) is 4.93. The van der Waals surface area contributed by atoms with Gasteiger partial charge in [0.15, 0.2) is 5.69 Å². The first kappa shape index (κ1) is 11.4. The van der Waals surface area contributed by atoms with Gasteiger partial charge in [-0.25, -0.2) is 9.97 Å². The molecule has 2 aromatic rings. The molecule has 0 aliphatic rings. The van der Waals surface area contributed by atoms with Gasteiger partial charge in [0.2, 0.25) is 5.88 Å². The normalized spacial score (nSPS) is 11.7. The van der Waals surface area contributed by atoms with Crippen molar-refractivity contribution in [1.29, 1.82) is 0 Å². The van der Waals surface area contributed by atoms with Crippen molar-refractivity contribution in [2.24, 2.45) is 0 Å². The van der Waals surface area contributed by atoms with Gasteiger partial charge in [-0.3, -0.25) is 0 Å². The molecule has 0 fully saturated rings. The standard InChI is InChI=1S/C12H10F2N2O/c1-3-12(13,14)10-11(17)16-8-5-4-7(2)6-9(8)15-10/h3-6H,1H2,2H3,(H,16,17). The van der Waals surface area contributed by atoms with Crippen molar-refractivity contribution in [3.05, 3.63) is 42.1 Å². The van der Waals surface area contributed by atoms with Gasteiger partial charge in [-0.1, -0.05) is 12.6 Å². The van der Waals surface area contributed by atoms with Gasteiger partial charge < -0.3 is 5.11 Å². The van der Waals surface area contributed by atoms with Crippen molar-refractivity contribution >= 4 is 11.0 Å². The molecule has 88 valence electrons. The van der Waals surface area contributed by atoms with Crippen molar-refractivity contribution in [1.82, 2.24) is 9.97 Å². The van der Waals surface area contributed by atoms with E-state index in [1.807, 2.05) is 6.92 Å². The van der Waals surface area contributed by atoms with Gasteiger partial charge >= 0.3 is 5.92 Å². The number of aryl methyl sites for hydroxylation is 1. The third-order valence-corrected chi connectivity index (χ3v) is 2.37. The summed E-state index contributed by atoms with van der Waals surface area (Å²) in [6, 6.07) is 5.01. The van der Waals surface area contributed by atoms with Crippen LogP contribution in [0.5, 0.6) is 5.88 Å². The fraction of sp³-hybridized carbons (Fsp3) is 0.167. The largest absolute Gasteiger partial charge is 0.492 e. The molecule has 1 aromatic carbocycles. The maximum absolute atomic E-state index is 13.4. The zero-order valence-corrected chi connectivity index (χ0v) is 9.11. The molecular weight excluding hydrogens is 226 g/mol. The van der Waals surface area contributed by atoms with Gasteiger partial charge in [0.25, 0.3) is 0 Å². The molecule has 0 bridgehead atoms. The van der Waals surface area contributed by atoms with Gasteiger partial charge in [-0.15, -0.1) is 0 Å². The van der Waals surface area contributed by atoms with Crippen molar-refractivity contribution in [2.75, 3.05) is 0 Å². The number of hydrogen-bond acceptors (Lipinski definition) is 3. The Hall–Kier alpha value is -2.04. The molecule has 0 saturated carbocycles. The maximum atomic E-state index is 13.4. The zero-order chi connectivity index (χ0) is 12.6. The van der Waals surface area contributed by atoms with Gasteiger partial charge in [-0.05, 0) is 30.7 Å². The topological polar surface area (TPSA) is 46.0 Å². The van der Waals surface area contributed by atoms with Crippen LogP contribution in [0.25, 0.3) is 11.0 Å². The molecule has 0 unspecified atom stereocenters. The number of allylic oxidation sites excluding steroid dienone is 1. The van der Waals surface area contributed by atoms with Crippen LogP contribution in [0.3, 0.4) is 0 Å². The van der Waals surface area contributed by atoms with Crippen LogP contribution in [-0.2, 0) is 5.92 Å². The van der Waals surface area contributed by atoms with Crippen LogP contribution in [0.4, 0.5) is 8.78 Å². The molecule has 0 atom stereocenters. The summed E-state index contributed by atoms with van der Waals surface area (Å²) in [6.45, 7) is 4.84. The van der Waals surface area contributed by atoms with E-state index in [1.165, 1.54) is 0 Å². The molecule has 17 heavy (non-hydrogen) atoms. The van der Waals surface area contributed by atoms with E-state index in [-0.39, 0.29) is 0 Å². The first-order chi connectivity index (χ1) is 7.94. The second kappa shape index (κ2) is 3.76. The van der Waals surface area contributed by atoms with Crippen molar-refractivity contribution < 1.29 is 13.9 Å². The minimum Gasteiger partial charge on any atom is -0.492 e. The second-order valence-electron chi connectivity index (χ2n) is 3.72. The Balaban J connectivity index is 2.73. The summed E-state index contributed by atoms with van der Waals surface area (Å²) >= 11 is 0. The molecule has 1 N–H and O–H groups in total. The summed E-state index contributed by atoms with van der Waals surface area (Å²) < 4.78 is 26.8. The molecule has 0 radical (unpaired) electrons. The molecule has 3 nitrogen and oxygen atoms in total. The quantitative estimate of drug-likeness (QED) is 0.815. The fourth-order valence-electron chi connectivity index (χ4n) is 1.48. The molecule has 0 aliphatic heterocycles. The number of benzene rings is 1. The van der Waals surface area contributed by atoms with E-state index < -0.39 is 17.5 Å². The van der Waals surface area contributed by atoms with Crippen LogP contribution in [0.15, 0.2) is 30.9 Å². The molecule has 0 amide bonds. The minimum atomic E-state index is -3.39. The third-order valence-electron chi connectivity index (χ3n) is 2.37. The summed E-state index contributed by atoms with van der Waals surface area (Å²) in [7, 11) is 0. The predicted molar refractivity (Wildman–Crippen MR) is 60.0 cm³/mol. The number of rotatable bonds is 2. The summed E-state index contributed by atoms with van der Waals surface area (Å²) in [5.74, 6) is -4.17. The van der Waals surface area contributed by atoms with E-state index in [0.29, 0.717) is 17.1 Å². The lowest BCUT2D eigenvalue weighted by molar-refractivity contribution is 0.0445. The molecule has 5 heteroatoms. The highest BCUT2D eigenvalue weighted by Gasteiger charge is 2.33. The van der Waals surface area contributed by atoms with E-state index in [9.17, 15) is 13.9 Å². The lowest BCUT2D eigenvalue weighted by Gasteiger charge is -2.12. The number of hydrogen-bond donors (Lipinski definition) is 1. The van der Waals surface area contributed by atoms with E-state index >= 15 is 0 Å². The Morgan fingerprint density at radius 3 is 2.65 bits per heavy atom. The first-order valence-electron chi connectivity index (χ1n) is 4.93. The Bertz CT molecular complexity index is 596. The van der Waals surface area contributed by atoms with Crippen LogP contribution in [0.1, 0.15) is 11.3 Å². The van der Waals surface area contributed by atoms with E-state index in [4.69, 9.17) is 0 Å². The smallest absolute Gasteiger partial charge is 0.313 e. The predicted octanol–water partition coefficient (Wildman–Crippen LogP) is 2.92. The Kier molecular flexibility index (Phi) is 2.53. The van der Waals surface area contributed by atoms with Crippen LogP contribution < -0.4 is 0 Å². The monoisotopic (exact) mass is 236 g/mol. The summed E-state index contributed by atoms with van der Waals surface area (Å²) in [5.41, 5.74) is 0.798. The summed E-state index contributed by atoms with van der Waals surface area (Å²) in [5, 5.41) is 9.44. The molecule has 1 heterocycles. The number of aromatic nitrogens is 2. The third kappa shape index (κ3) is 1.95. The van der Waals surface area contributed by atoms with Gasteiger partial charge in [0.05, 0.1) is 11.0 Å². The van der Waals surface area contributed by atoms with Crippen molar-refractivity contribution in [2.45, 2.75) is 12.8 Å². The zero-order valence-electron chi connectivity index (χ0n) is 9.11. The fourth-order valence-corrected chi connectivity index (χ4v) is 1.48. The average Bonchev–Trinajstić information content (AvgIpc) is 2.28. The number of nitrogens with zero attached hydrogens (tertiary/aromatic N) is 2. The molecule has 0 saturated heterocycles. The molecule has 2 rings (SSSR count). The van der Waals surface area contributed by atoms with E-state index in [2.05, 4.69) is 16.5 Å². The van der Waals surface area contributed by atoms with E-state index in [0.717, 1.165) is 5.56 Å². The second-order valence-corrected chi connectivity index (χ2v) is 3.72. The van der Waals surface area contributed by atoms with Gasteiger partial charge in [0, 0.05) is 0 Å².